The van der Waals surface area contributed by atoms with Gasteiger partial charge in [-0.2, -0.15) is 4.98 Å². The van der Waals surface area contributed by atoms with Crippen molar-refractivity contribution >= 4 is 17.0 Å². The van der Waals surface area contributed by atoms with Crippen LogP contribution in [0, 0.1) is 0 Å². The number of benzene rings is 1. The summed E-state index contributed by atoms with van der Waals surface area (Å²) in [5, 5.41) is 4.03. The number of hydrogen-bond donors (Lipinski definition) is 1. The van der Waals surface area contributed by atoms with Crippen LogP contribution < -0.4 is 5.73 Å². The molecule has 2 N–H and O–H groups in total. The van der Waals surface area contributed by atoms with Gasteiger partial charge in [0.15, 0.2) is 0 Å². The Morgan fingerprint density at radius 1 is 1.20 bits per heavy atom. The number of nitrogens with two attached hydrogens (primary N) is 1. The quantitative estimate of drug-likeness (QED) is 0.748. The fraction of sp³-hybridized carbons (Fsp3) is 0.214. The molecule has 6 heteroatoms. The van der Waals surface area contributed by atoms with E-state index < -0.39 is 0 Å². The lowest BCUT2D eigenvalue weighted by atomic mass is 9.84. The Labute approximate surface area is 120 Å². The van der Waals surface area contributed by atoms with Crippen LogP contribution in [-0.2, 0) is 5.41 Å². The van der Waals surface area contributed by atoms with Gasteiger partial charge in [0.25, 0.3) is 0 Å². The van der Waals surface area contributed by atoms with Gasteiger partial charge in [0.05, 0.1) is 15.8 Å². The highest BCUT2D eigenvalue weighted by Gasteiger charge is 2.30. The SMILES string of the molecule is CC(C)(c1ccc(N)cc1)c1nc(-c2cncs2)no1. The van der Waals surface area contributed by atoms with Gasteiger partial charge in [0.2, 0.25) is 11.7 Å². The highest BCUT2D eigenvalue weighted by Crippen LogP contribution is 2.32. The molecule has 20 heavy (non-hydrogen) atoms. The summed E-state index contributed by atoms with van der Waals surface area (Å²) in [7, 11) is 0. The Morgan fingerprint density at radius 3 is 2.60 bits per heavy atom. The first kappa shape index (κ1) is 12.8. The lowest BCUT2D eigenvalue weighted by Gasteiger charge is -2.20. The smallest absolute Gasteiger partial charge is 0.237 e. The Hall–Kier alpha value is -2.21. The average molecular weight is 286 g/mol. The fourth-order valence-corrected chi connectivity index (χ4v) is 2.47. The number of anilines is 1. The van der Waals surface area contributed by atoms with Crippen molar-refractivity contribution < 1.29 is 4.52 Å². The zero-order valence-corrected chi connectivity index (χ0v) is 12.0. The molecule has 0 bridgehead atoms. The van der Waals surface area contributed by atoms with E-state index in [1.165, 1.54) is 11.3 Å². The molecule has 0 unspecified atom stereocenters. The molecule has 0 saturated heterocycles. The molecule has 0 amide bonds. The molecule has 2 heterocycles. The lowest BCUT2D eigenvalue weighted by Crippen LogP contribution is -2.19. The minimum atomic E-state index is -0.371. The standard InChI is InChI=1S/C14H14N4OS/c1-14(2,9-3-5-10(15)6-4-9)13-17-12(18-19-13)11-7-16-8-20-11/h3-8H,15H2,1-2H3. The number of nitrogens with zero attached hydrogens (tertiary/aromatic N) is 3. The van der Waals surface area contributed by atoms with Gasteiger partial charge in [-0.15, -0.1) is 11.3 Å². The van der Waals surface area contributed by atoms with Crippen molar-refractivity contribution in [1.82, 2.24) is 15.1 Å². The lowest BCUT2D eigenvalue weighted by molar-refractivity contribution is 0.333. The number of rotatable bonds is 3. The molecule has 3 aromatic rings. The van der Waals surface area contributed by atoms with Gasteiger partial charge < -0.3 is 10.3 Å². The molecular weight excluding hydrogens is 272 g/mol. The summed E-state index contributed by atoms with van der Waals surface area (Å²) in [5.41, 5.74) is 8.91. The third-order valence-electron chi connectivity index (χ3n) is 3.25. The maximum Gasteiger partial charge on any atom is 0.237 e. The molecule has 0 aliphatic rings. The second-order valence-electron chi connectivity index (χ2n) is 5.04. The van der Waals surface area contributed by atoms with Crippen molar-refractivity contribution in [3.8, 4) is 10.7 Å². The Morgan fingerprint density at radius 2 is 1.95 bits per heavy atom. The van der Waals surface area contributed by atoms with Gasteiger partial charge in [-0.1, -0.05) is 17.3 Å². The molecule has 0 aliphatic heterocycles. The van der Waals surface area contributed by atoms with Gasteiger partial charge in [-0.25, -0.2) is 0 Å². The average Bonchev–Trinajstić information content (AvgIpc) is 3.10. The second-order valence-corrected chi connectivity index (χ2v) is 5.92. The number of nitrogen functional groups attached to an aromatic ring is 1. The summed E-state index contributed by atoms with van der Waals surface area (Å²) in [6.45, 7) is 4.09. The van der Waals surface area contributed by atoms with E-state index in [0.717, 1.165) is 16.1 Å². The van der Waals surface area contributed by atoms with Crippen LogP contribution in [-0.4, -0.2) is 15.1 Å². The first-order chi connectivity index (χ1) is 9.57. The van der Waals surface area contributed by atoms with Crippen LogP contribution in [0.1, 0.15) is 25.3 Å². The minimum Gasteiger partial charge on any atom is -0.399 e. The molecule has 0 spiro atoms. The van der Waals surface area contributed by atoms with Crippen molar-refractivity contribution in [3.05, 3.63) is 47.4 Å². The first-order valence-corrected chi connectivity index (χ1v) is 7.04. The monoisotopic (exact) mass is 286 g/mol. The third-order valence-corrected chi connectivity index (χ3v) is 4.01. The predicted molar refractivity (Wildman–Crippen MR) is 78.4 cm³/mol. The third kappa shape index (κ3) is 2.18. The van der Waals surface area contributed by atoms with Crippen molar-refractivity contribution in [2.75, 3.05) is 5.73 Å². The molecular formula is C14H14N4OS. The van der Waals surface area contributed by atoms with Gasteiger partial charge in [0, 0.05) is 11.9 Å². The largest absolute Gasteiger partial charge is 0.399 e. The molecule has 5 nitrogen and oxygen atoms in total. The molecule has 1 aromatic carbocycles. The summed E-state index contributed by atoms with van der Waals surface area (Å²) < 4.78 is 5.42. The Kier molecular flexibility index (Phi) is 3.02. The molecule has 3 rings (SSSR count). The molecule has 0 radical (unpaired) electrons. The van der Waals surface area contributed by atoms with E-state index in [4.69, 9.17) is 10.3 Å². The normalized spacial score (nSPS) is 11.7. The first-order valence-electron chi connectivity index (χ1n) is 6.16. The van der Waals surface area contributed by atoms with Crippen molar-refractivity contribution in [3.63, 3.8) is 0 Å². The Balaban J connectivity index is 1.97. The molecule has 0 atom stereocenters. The molecule has 0 saturated carbocycles. The van der Waals surface area contributed by atoms with Crippen molar-refractivity contribution in [2.24, 2.45) is 0 Å². The molecule has 0 aliphatic carbocycles. The molecule has 2 aromatic heterocycles. The van der Waals surface area contributed by atoms with Crippen LogP contribution in [0.2, 0.25) is 0 Å². The van der Waals surface area contributed by atoms with E-state index in [2.05, 4.69) is 15.1 Å². The van der Waals surface area contributed by atoms with E-state index >= 15 is 0 Å². The summed E-state index contributed by atoms with van der Waals surface area (Å²) in [6, 6.07) is 7.70. The minimum absolute atomic E-state index is 0.371. The zero-order valence-electron chi connectivity index (χ0n) is 11.2. The van der Waals surface area contributed by atoms with Crippen LogP contribution in [0.4, 0.5) is 5.69 Å². The van der Waals surface area contributed by atoms with E-state index in [9.17, 15) is 0 Å². The van der Waals surface area contributed by atoms with Gasteiger partial charge in [-0.3, -0.25) is 4.98 Å². The molecule has 0 fully saturated rings. The van der Waals surface area contributed by atoms with E-state index in [-0.39, 0.29) is 5.41 Å². The number of thiazole rings is 1. The fourth-order valence-electron chi connectivity index (χ4n) is 1.93. The zero-order chi connectivity index (χ0) is 14.2. The second kappa shape index (κ2) is 4.72. The number of hydrogen-bond acceptors (Lipinski definition) is 6. The van der Waals surface area contributed by atoms with Crippen LogP contribution in [0.5, 0.6) is 0 Å². The summed E-state index contributed by atoms with van der Waals surface area (Å²) in [4.78, 5) is 9.40. The highest BCUT2D eigenvalue weighted by molar-refractivity contribution is 7.13. The maximum atomic E-state index is 5.72. The van der Waals surface area contributed by atoms with Crippen LogP contribution in [0.15, 0.2) is 40.5 Å². The van der Waals surface area contributed by atoms with E-state index in [1.54, 1.807) is 11.7 Å². The van der Waals surface area contributed by atoms with E-state index in [1.807, 2.05) is 38.1 Å². The van der Waals surface area contributed by atoms with Gasteiger partial charge >= 0.3 is 0 Å². The summed E-state index contributed by atoms with van der Waals surface area (Å²) >= 11 is 1.49. The number of aromatic nitrogens is 3. The maximum absolute atomic E-state index is 5.72. The van der Waals surface area contributed by atoms with Crippen LogP contribution >= 0.6 is 11.3 Å². The highest BCUT2D eigenvalue weighted by atomic mass is 32.1. The van der Waals surface area contributed by atoms with Crippen LogP contribution in [0.3, 0.4) is 0 Å². The Bertz CT molecular complexity index is 701. The topological polar surface area (TPSA) is 77.8 Å². The van der Waals surface area contributed by atoms with Crippen LogP contribution in [0.25, 0.3) is 10.7 Å². The van der Waals surface area contributed by atoms with Gasteiger partial charge in [-0.05, 0) is 31.5 Å². The molecule has 102 valence electrons. The summed E-state index contributed by atoms with van der Waals surface area (Å²) in [5.74, 6) is 1.15. The van der Waals surface area contributed by atoms with E-state index in [0.29, 0.717) is 11.7 Å². The van der Waals surface area contributed by atoms with Gasteiger partial charge in [0.1, 0.15) is 0 Å². The van der Waals surface area contributed by atoms with Crippen molar-refractivity contribution in [2.45, 2.75) is 19.3 Å². The van der Waals surface area contributed by atoms with Crippen molar-refractivity contribution in [1.29, 1.82) is 0 Å². The summed E-state index contributed by atoms with van der Waals surface area (Å²) in [6.07, 6.45) is 1.73. The predicted octanol–water partition coefficient (Wildman–Crippen LogP) is 3.10.